The Labute approximate surface area is 76.1 Å². The van der Waals surface area contributed by atoms with Crippen LogP contribution in [-0.2, 0) is 14.9 Å². The normalized spacial score (nSPS) is 13.3. The van der Waals surface area contributed by atoms with Gasteiger partial charge in [0.2, 0.25) is 0 Å². The summed E-state index contributed by atoms with van der Waals surface area (Å²) in [6.45, 7) is 6.30. The molecule has 6 heteroatoms. The van der Waals surface area contributed by atoms with Gasteiger partial charge >= 0.3 is 5.97 Å². The summed E-state index contributed by atoms with van der Waals surface area (Å²) in [4.78, 5) is 10.4. The van der Waals surface area contributed by atoms with Crippen LogP contribution >= 0.6 is 0 Å². The van der Waals surface area contributed by atoms with Crippen LogP contribution in [-0.4, -0.2) is 29.3 Å². The monoisotopic (exact) mass is 206 g/mol. The van der Waals surface area contributed by atoms with Crippen molar-refractivity contribution in [3.63, 3.8) is 0 Å². The first-order valence-corrected chi connectivity index (χ1v) is 4.80. The van der Waals surface area contributed by atoms with Crippen molar-refractivity contribution in [3.05, 3.63) is 24.8 Å². The molecule has 1 atom stereocenters. The number of hydrogen-bond donors (Lipinski definition) is 2. The Kier molecular flexibility index (Phi) is 3.83. The maximum Gasteiger partial charge on any atom is 0.332 e. The fraction of sp³-hybridized carbons (Fsp3) is 0.286. The van der Waals surface area contributed by atoms with Gasteiger partial charge in [0.25, 0.3) is 10.1 Å². The first-order chi connectivity index (χ1) is 5.80. The van der Waals surface area contributed by atoms with Crippen LogP contribution < -0.4 is 0 Å². The molecule has 0 aromatic heterocycles. The van der Waals surface area contributed by atoms with E-state index in [2.05, 4.69) is 13.2 Å². The van der Waals surface area contributed by atoms with E-state index in [0.29, 0.717) is 0 Å². The molecule has 0 aliphatic carbocycles. The van der Waals surface area contributed by atoms with Gasteiger partial charge in [-0.1, -0.05) is 12.7 Å². The fourth-order valence-corrected chi connectivity index (χ4v) is 1.57. The molecular weight excluding hydrogens is 196 g/mol. The van der Waals surface area contributed by atoms with Crippen LogP contribution in [0.25, 0.3) is 0 Å². The second-order valence-corrected chi connectivity index (χ2v) is 3.96. The van der Waals surface area contributed by atoms with Crippen LogP contribution in [0, 0.1) is 0 Å². The molecule has 0 aromatic rings. The summed E-state index contributed by atoms with van der Waals surface area (Å²) in [6, 6.07) is 0. The lowest BCUT2D eigenvalue weighted by Gasteiger charge is -2.10. The van der Waals surface area contributed by atoms with Crippen LogP contribution in [0.5, 0.6) is 0 Å². The number of carbonyl (C=O) groups is 1. The minimum Gasteiger partial charge on any atom is -0.478 e. The first kappa shape index (κ1) is 11.9. The molecule has 0 spiro atoms. The van der Waals surface area contributed by atoms with E-state index in [1.54, 1.807) is 0 Å². The molecular formula is C7H10O5S. The number of hydrogen-bond acceptors (Lipinski definition) is 3. The second-order valence-electron chi connectivity index (χ2n) is 2.36. The van der Waals surface area contributed by atoms with E-state index in [-0.39, 0.29) is 6.42 Å². The highest BCUT2D eigenvalue weighted by Gasteiger charge is 2.28. The van der Waals surface area contributed by atoms with E-state index >= 15 is 0 Å². The zero-order valence-electron chi connectivity index (χ0n) is 6.80. The van der Waals surface area contributed by atoms with E-state index in [9.17, 15) is 13.2 Å². The lowest BCUT2D eigenvalue weighted by Crippen LogP contribution is -2.25. The maximum absolute atomic E-state index is 10.7. The zero-order valence-corrected chi connectivity index (χ0v) is 7.62. The molecule has 0 aromatic carbocycles. The highest BCUT2D eigenvalue weighted by molar-refractivity contribution is 7.86. The summed E-state index contributed by atoms with van der Waals surface area (Å²) < 4.78 is 29.9. The molecule has 0 aliphatic heterocycles. The molecule has 2 N–H and O–H groups in total. The summed E-state index contributed by atoms with van der Waals surface area (Å²) in [5.74, 6) is -1.45. The van der Waals surface area contributed by atoms with Gasteiger partial charge in [0.1, 0.15) is 5.25 Å². The molecule has 0 saturated carbocycles. The van der Waals surface area contributed by atoms with Crippen LogP contribution in [0.4, 0.5) is 0 Å². The van der Waals surface area contributed by atoms with E-state index in [4.69, 9.17) is 9.66 Å². The van der Waals surface area contributed by atoms with Gasteiger partial charge in [-0.2, -0.15) is 8.42 Å². The van der Waals surface area contributed by atoms with Gasteiger partial charge in [0.15, 0.2) is 0 Å². The summed E-state index contributed by atoms with van der Waals surface area (Å²) in [5.41, 5.74) is -0.567. The third-order valence-corrected chi connectivity index (χ3v) is 2.60. The summed E-state index contributed by atoms with van der Waals surface area (Å²) >= 11 is 0. The number of carboxylic acid groups (broad SMARTS) is 1. The van der Waals surface area contributed by atoms with Crippen molar-refractivity contribution in [2.75, 3.05) is 0 Å². The highest BCUT2D eigenvalue weighted by atomic mass is 32.2. The van der Waals surface area contributed by atoms with Gasteiger partial charge in [-0.3, -0.25) is 4.55 Å². The van der Waals surface area contributed by atoms with Crippen molar-refractivity contribution in [3.8, 4) is 0 Å². The van der Waals surface area contributed by atoms with Crippen LogP contribution in [0.1, 0.15) is 6.42 Å². The molecule has 1 unspecified atom stereocenters. The van der Waals surface area contributed by atoms with Crippen molar-refractivity contribution in [1.82, 2.24) is 0 Å². The second kappa shape index (κ2) is 4.20. The third-order valence-electron chi connectivity index (χ3n) is 1.40. The van der Waals surface area contributed by atoms with Crippen LogP contribution in [0.15, 0.2) is 24.8 Å². The molecule has 0 aliphatic rings. The summed E-state index contributed by atoms with van der Waals surface area (Å²) in [6.07, 6.45) is 1.02. The lowest BCUT2D eigenvalue weighted by molar-refractivity contribution is -0.132. The van der Waals surface area contributed by atoms with Crippen molar-refractivity contribution in [1.29, 1.82) is 0 Å². The predicted octanol–water partition coefficient (Wildman–Crippen LogP) is 0.460. The van der Waals surface area contributed by atoms with Gasteiger partial charge < -0.3 is 5.11 Å². The van der Waals surface area contributed by atoms with Crippen molar-refractivity contribution >= 4 is 16.1 Å². The smallest absolute Gasteiger partial charge is 0.332 e. The van der Waals surface area contributed by atoms with Gasteiger partial charge in [0.05, 0.1) is 5.57 Å². The number of carboxylic acids is 1. The Morgan fingerprint density at radius 2 is 2.00 bits per heavy atom. The SMILES string of the molecule is C=CCC(C(=C)C(=O)O)S(=O)(=O)O. The zero-order chi connectivity index (χ0) is 10.6. The summed E-state index contributed by atoms with van der Waals surface area (Å²) in [7, 11) is -4.42. The Balaban J connectivity index is 4.94. The Morgan fingerprint density at radius 1 is 1.54 bits per heavy atom. The van der Waals surface area contributed by atoms with Crippen LogP contribution in [0.3, 0.4) is 0 Å². The molecule has 0 radical (unpaired) electrons. The molecule has 5 nitrogen and oxygen atoms in total. The lowest BCUT2D eigenvalue weighted by atomic mass is 10.1. The van der Waals surface area contributed by atoms with Gasteiger partial charge in [0, 0.05) is 0 Å². The number of rotatable bonds is 5. The highest BCUT2D eigenvalue weighted by Crippen LogP contribution is 2.14. The van der Waals surface area contributed by atoms with Crippen molar-refractivity contribution in [2.24, 2.45) is 0 Å². The van der Waals surface area contributed by atoms with Gasteiger partial charge in [-0.25, -0.2) is 4.79 Å². The quantitative estimate of drug-likeness (QED) is 0.387. The molecule has 0 amide bonds. The van der Waals surface area contributed by atoms with Crippen molar-refractivity contribution in [2.45, 2.75) is 11.7 Å². The maximum atomic E-state index is 10.7. The summed E-state index contributed by atoms with van der Waals surface area (Å²) in [5, 5.41) is 6.92. The Bertz CT molecular complexity index is 327. The largest absolute Gasteiger partial charge is 0.478 e. The molecule has 0 fully saturated rings. The first-order valence-electron chi connectivity index (χ1n) is 3.30. The Morgan fingerprint density at radius 3 is 2.23 bits per heavy atom. The number of allylic oxidation sites excluding steroid dienone is 1. The van der Waals surface area contributed by atoms with E-state index in [1.165, 1.54) is 6.08 Å². The van der Waals surface area contributed by atoms with Gasteiger partial charge in [-0.05, 0) is 6.42 Å². The third kappa shape index (κ3) is 3.39. The minimum atomic E-state index is -4.42. The standard InChI is InChI=1S/C7H10O5S/c1-3-4-6(13(10,11)12)5(2)7(8)9/h3,6H,1-2,4H2,(H,8,9)(H,10,11,12). The van der Waals surface area contributed by atoms with E-state index < -0.39 is 26.9 Å². The predicted molar refractivity (Wildman–Crippen MR) is 46.9 cm³/mol. The fourth-order valence-electron chi connectivity index (χ4n) is 0.733. The van der Waals surface area contributed by atoms with Crippen LogP contribution in [0.2, 0.25) is 0 Å². The van der Waals surface area contributed by atoms with E-state index in [1.807, 2.05) is 0 Å². The average molecular weight is 206 g/mol. The molecule has 0 bridgehead atoms. The Hall–Kier alpha value is -1.14. The topological polar surface area (TPSA) is 91.7 Å². The molecule has 0 saturated heterocycles. The van der Waals surface area contributed by atoms with E-state index in [0.717, 1.165) is 0 Å². The molecule has 0 heterocycles. The number of aliphatic carboxylic acids is 1. The average Bonchev–Trinajstić information content (AvgIpc) is 1.96. The molecule has 74 valence electrons. The van der Waals surface area contributed by atoms with Crippen molar-refractivity contribution < 1.29 is 22.9 Å². The molecule has 13 heavy (non-hydrogen) atoms. The van der Waals surface area contributed by atoms with Gasteiger partial charge in [-0.15, -0.1) is 6.58 Å². The minimum absolute atomic E-state index is 0.177. The molecule has 0 rings (SSSR count).